The van der Waals surface area contributed by atoms with Gasteiger partial charge in [0.05, 0.1) is 7.11 Å². The first-order valence-electron chi connectivity index (χ1n) is 8.05. The minimum atomic E-state index is -1.12. The Morgan fingerprint density at radius 3 is 2.41 bits per heavy atom. The summed E-state index contributed by atoms with van der Waals surface area (Å²) < 4.78 is 10.3. The third kappa shape index (κ3) is 4.45. The van der Waals surface area contributed by atoms with Crippen molar-refractivity contribution in [2.24, 2.45) is 0 Å². The van der Waals surface area contributed by atoms with Crippen LogP contribution in [0.2, 0.25) is 0 Å². The summed E-state index contributed by atoms with van der Waals surface area (Å²) >= 11 is 1.14. The van der Waals surface area contributed by atoms with Crippen LogP contribution in [0.3, 0.4) is 0 Å². The van der Waals surface area contributed by atoms with E-state index in [9.17, 15) is 14.7 Å². The summed E-state index contributed by atoms with van der Waals surface area (Å²) in [4.78, 5) is 23.8. The molecule has 1 aromatic heterocycles. The van der Waals surface area contributed by atoms with Crippen LogP contribution in [0.4, 0.5) is 9.80 Å². The van der Waals surface area contributed by atoms with Crippen LogP contribution in [0, 0.1) is 0 Å². The second-order valence-corrected chi connectivity index (χ2v) is 6.45. The average molecular weight is 383 g/mol. The number of rotatable bonds is 6. The van der Waals surface area contributed by atoms with E-state index in [1.54, 1.807) is 36.8 Å². The van der Waals surface area contributed by atoms with Crippen molar-refractivity contribution in [2.45, 2.75) is 6.61 Å². The normalized spacial score (nSPS) is 10.3. The van der Waals surface area contributed by atoms with Gasteiger partial charge in [-0.15, -0.1) is 11.3 Å². The number of carbonyl (C=O) groups is 2. The van der Waals surface area contributed by atoms with Crippen LogP contribution in [-0.2, 0) is 11.3 Å². The van der Waals surface area contributed by atoms with Gasteiger partial charge < -0.3 is 14.6 Å². The van der Waals surface area contributed by atoms with Crippen LogP contribution in [-0.4, -0.2) is 24.3 Å². The van der Waals surface area contributed by atoms with Crippen molar-refractivity contribution in [1.29, 1.82) is 0 Å². The maximum atomic E-state index is 12.1. The Kier molecular flexibility index (Phi) is 5.73. The highest BCUT2D eigenvalue weighted by molar-refractivity contribution is 7.15. The Labute approximate surface area is 160 Å². The molecule has 0 aliphatic carbocycles. The predicted octanol–water partition coefficient (Wildman–Crippen LogP) is 4.87. The van der Waals surface area contributed by atoms with E-state index in [1.807, 2.05) is 30.3 Å². The number of carboxylic acids is 1. The van der Waals surface area contributed by atoms with Crippen LogP contribution >= 0.6 is 11.3 Å². The highest BCUT2D eigenvalue weighted by atomic mass is 32.1. The van der Waals surface area contributed by atoms with Gasteiger partial charge in [0.2, 0.25) is 0 Å². The summed E-state index contributed by atoms with van der Waals surface area (Å²) in [6, 6.07) is 16.3. The van der Waals surface area contributed by atoms with Crippen molar-refractivity contribution in [3.63, 3.8) is 0 Å². The lowest BCUT2D eigenvalue weighted by Gasteiger charge is -2.08. The molecular formula is C20H17NO5S. The van der Waals surface area contributed by atoms with Gasteiger partial charge in [-0.1, -0.05) is 42.5 Å². The van der Waals surface area contributed by atoms with Gasteiger partial charge in [0.15, 0.2) is 0 Å². The number of carboxylic acid groups (broad SMARTS) is 1. The smallest absolute Gasteiger partial charge is 0.412 e. The Balaban J connectivity index is 1.76. The molecule has 0 radical (unpaired) electrons. The first kappa shape index (κ1) is 18.5. The summed E-state index contributed by atoms with van der Waals surface area (Å²) in [5.74, 6) is -0.450. The van der Waals surface area contributed by atoms with Crippen LogP contribution in [0.15, 0.2) is 60.0 Å². The first-order chi connectivity index (χ1) is 13.1. The van der Waals surface area contributed by atoms with Crippen LogP contribution in [0.5, 0.6) is 5.75 Å². The minimum Gasteiger partial charge on any atom is -0.497 e. The third-order valence-corrected chi connectivity index (χ3v) is 4.73. The summed E-state index contributed by atoms with van der Waals surface area (Å²) in [6.07, 6.45) is -0.704. The number of benzene rings is 2. The van der Waals surface area contributed by atoms with Gasteiger partial charge in [0.1, 0.15) is 22.9 Å². The zero-order valence-electron chi connectivity index (χ0n) is 14.5. The van der Waals surface area contributed by atoms with Crippen molar-refractivity contribution in [3.8, 4) is 16.9 Å². The molecule has 0 saturated carbocycles. The molecule has 1 amide bonds. The zero-order valence-corrected chi connectivity index (χ0v) is 15.3. The fourth-order valence-electron chi connectivity index (χ4n) is 2.50. The van der Waals surface area contributed by atoms with E-state index in [1.165, 1.54) is 0 Å². The molecule has 0 aliphatic heterocycles. The molecular weight excluding hydrogens is 366 g/mol. The highest BCUT2D eigenvalue weighted by Gasteiger charge is 2.21. The van der Waals surface area contributed by atoms with Gasteiger partial charge in [0, 0.05) is 10.9 Å². The van der Waals surface area contributed by atoms with Crippen molar-refractivity contribution in [2.75, 3.05) is 12.4 Å². The number of carbonyl (C=O) groups excluding carboxylic acids is 1. The van der Waals surface area contributed by atoms with Crippen molar-refractivity contribution >= 4 is 28.4 Å². The van der Waals surface area contributed by atoms with E-state index in [0.29, 0.717) is 11.3 Å². The molecule has 1 heterocycles. The second-order valence-electron chi connectivity index (χ2n) is 5.57. The average Bonchev–Trinajstić information content (AvgIpc) is 3.11. The number of methoxy groups -OCH3 is 1. The number of thiophene rings is 1. The van der Waals surface area contributed by atoms with Gasteiger partial charge in [-0.25, -0.2) is 9.59 Å². The van der Waals surface area contributed by atoms with E-state index >= 15 is 0 Å². The zero-order chi connectivity index (χ0) is 19.2. The van der Waals surface area contributed by atoms with Gasteiger partial charge in [-0.05, 0) is 23.3 Å². The third-order valence-electron chi connectivity index (χ3n) is 3.83. The molecule has 0 atom stereocenters. The Hall–Kier alpha value is -3.32. The molecule has 0 bridgehead atoms. The van der Waals surface area contributed by atoms with E-state index in [2.05, 4.69) is 5.32 Å². The largest absolute Gasteiger partial charge is 0.497 e. The molecule has 3 aromatic rings. The standard InChI is InChI=1S/C20H17NO5S/c1-25-15-9-7-14(8-10-15)16-12-27-18(17(16)19(22)23)21-20(24)26-11-13-5-3-2-4-6-13/h2-10,12H,11H2,1H3,(H,21,24)(H,22,23). The molecule has 0 saturated heterocycles. The Morgan fingerprint density at radius 2 is 1.78 bits per heavy atom. The molecule has 138 valence electrons. The number of aromatic carboxylic acids is 1. The lowest BCUT2D eigenvalue weighted by molar-refractivity contribution is 0.0699. The fourth-order valence-corrected chi connectivity index (χ4v) is 3.44. The molecule has 0 aliphatic rings. The van der Waals surface area contributed by atoms with Crippen molar-refractivity contribution < 1.29 is 24.2 Å². The monoisotopic (exact) mass is 383 g/mol. The molecule has 0 unspecified atom stereocenters. The molecule has 2 N–H and O–H groups in total. The number of hydrogen-bond acceptors (Lipinski definition) is 5. The Bertz CT molecular complexity index is 935. The number of hydrogen-bond donors (Lipinski definition) is 2. The van der Waals surface area contributed by atoms with Crippen LogP contribution in [0.1, 0.15) is 15.9 Å². The number of nitrogens with one attached hydrogen (secondary N) is 1. The molecule has 0 spiro atoms. The first-order valence-corrected chi connectivity index (χ1v) is 8.93. The quantitative estimate of drug-likeness (QED) is 0.634. The summed E-state index contributed by atoms with van der Waals surface area (Å²) in [6.45, 7) is 0.103. The van der Waals surface area contributed by atoms with Crippen LogP contribution in [0.25, 0.3) is 11.1 Å². The number of amides is 1. The van der Waals surface area contributed by atoms with Crippen LogP contribution < -0.4 is 10.1 Å². The summed E-state index contributed by atoms with van der Waals surface area (Å²) in [5.41, 5.74) is 2.11. The fraction of sp³-hybridized carbons (Fsp3) is 0.100. The molecule has 0 fully saturated rings. The number of anilines is 1. The molecule has 6 nitrogen and oxygen atoms in total. The number of ether oxygens (including phenoxy) is 2. The lowest BCUT2D eigenvalue weighted by Crippen LogP contribution is -2.14. The van der Waals surface area contributed by atoms with E-state index < -0.39 is 12.1 Å². The van der Waals surface area contributed by atoms with E-state index in [-0.39, 0.29) is 17.2 Å². The highest BCUT2D eigenvalue weighted by Crippen LogP contribution is 2.36. The Morgan fingerprint density at radius 1 is 1.07 bits per heavy atom. The van der Waals surface area contributed by atoms with Crippen molar-refractivity contribution in [3.05, 3.63) is 71.1 Å². The van der Waals surface area contributed by atoms with Gasteiger partial charge in [0.25, 0.3) is 0 Å². The minimum absolute atomic E-state index is 0.0295. The van der Waals surface area contributed by atoms with Gasteiger partial charge in [-0.2, -0.15) is 0 Å². The second kappa shape index (κ2) is 8.37. The SMILES string of the molecule is COc1ccc(-c2csc(NC(=O)OCc3ccccc3)c2C(=O)O)cc1. The lowest BCUT2D eigenvalue weighted by atomic mass is 10.0. The predicted molar refractivity (Wildman–Crippen MR) is 104 cm³/mol. The summed E-state index contributed by atoms with van der Waals surface area (Å²) in [7, 11) is 1.56. The van der Waals surface area contributed by atoms with Gasteiger partial charge >= 0.3 is 12.1 Å². The molecule has 2 aromatic carbocycles. The van der Waals surface area contributed by atoms with E-state index in [4.69, 9.17) is 9.47 Å². The maximum absolute atomic E-state index is 12.1. The molecule has 3 rings (SSSR count). The topological polar surface area (TPSA) is 84.9 Å². The summed E-state index contributed by atoms with van der Waals surface area (Å²) in [5, 5.41) is 14.1. The maximum Gasteiger partial charge on any atom is 0.412 e. The molecule has 27 heavy (non-hydrogen) atoms. The molecule has 7 heteroatoms. The van der Waals surface area contributed by atoms with Gasteiger partial charge in [-0.3, -0.25) is 5.32 Å². The van der Waals surface area contributed by atoms with Crippen molar-refractivity contribution in [1.82, 2.24) is 0 Å². The van der Waals surface area contributed by atoms with E-state index in [0.717, 1.165) is 22.5 Å².